The van der Waals surface area contributed by atoms with Crippen LogP contribution >= 0.6 is 0 Å². The van der Waals surface area contributed by atoms with Crippen molar-refractivity contribution in [3.63, 3.8) is 0 Å². The maximum absolute atomic E-state index is 13.0. The molecule has 7 heteroatoms. The molecule has 2 aromatic carbocycles. The number of hydrogen-bond donors (Lipinski definition) is 2. The number of unbranched alkanes of at least 4 members (excludes halogenated alkanes) is 1. The van der Waals surface area contributed by atoms with Gasteiger partial charge in [0.25, 0.3) is 0 Å². The Morgan fingerprint density at radius 1 is 1.06 bits per heavy atom. The summed E-state index contributed by atoms with van der Waals surface area (Å²) in [5.41, 5.74) is 9.82. The van der Waals surface area contributed by atoms with E-state index in [9.17, 15) is 4.79 Å². The van der Waals surface area contributed by atoms with Gasteiger partial charge in [-0.05, 0) is 37.6 Å². The summed E-state index contributed by atoms with van der Waals surface area (Å²) in [6, 6.07) is 14.8. The van der Waals surface area contributed by atoms with Gasteiger partial charge in [-0.25, -0.2) is 4.68 Å². The average Bonchev–Trinajstić information content (AvgIpc) is 3.28. The number of nitrogen functional groups attached to an aromatic ring is 1. The standard InChI is InChI=1S/C23H26N4O2.C4H10.CH2O/c1-4-12-25-17(3)15-29-20-7-5-6-18(13-20)22(28)21-14-26-27(23(21)24)19-10-8-16(2)9-11-19;1-3-4-2;1-2/h5-11,13-14,25H,3-4,12,15,24H2,1-2H3;3-4H2,1-2H3;1H2. The maximum Gasteiger partial charge on any atom is 0.198 e. The number of hydrogen-bond acceptors (Lipinski definition) is 6. The minimum absolute atomic E-state index is 0.200. The second-order valence-corrected chi connectivity index (χ2v) is 7.87. The largest absolute Gasteiger partial charge is 0.487 e. The first kappa shape index (κ1) is 29.2. The van der Waals surface area contributed by atoms with Gasteiger partial charge in [-0.1, -0.05) is 70.0 Å². The van der Waals surface area contributed by atoms with Crippen molar-refractivity contribution in [2.75, 3.05) is 18.9 Å². The Bertz CT molecular complexity index is 1060. The lowest BCUT2D eigenvalue weighted by molar-refractivity contribution is -0.0980. The Morgan fingerprint density at radius 3 is 2.31 bits per heavy atom. The Kier molecular flexibility index (Phi) is 13.2. The van der Waals surface area contributed by atoms with Crippen molar-refractivity contribution in [2.45, 2.75) is 47.0 Å². The highest BCUT2D eigenvalue weighted by Crippen LogP contribution is 2.22. The first-order valence-electron chi connectivity index (χ1n) is 11.8. The molecular weight excluding hydrogens is 440 g/mol. The van der Waals surface area contributed by atoms with Gasteiger partial charge in [0.2, 0.25) is 0 Å². The number of carbonyl (C=O) groups is 2. The Balaban J connectivity index is 0.000000926. The van der Waals surface area contributed by atoms with Crippen LogP contribution in [0.5, 0.6) is 5.75 Å². The molecule has 0 amide bonds. The molecule has 7 nitrogen and oxygen atoms in total. The van der Waals surface area contributed by atoms with Crippen molar-refractivity contribution >= 4 is 18.4 Å². The van der Waals surface area contributed by atoms with Crippen molar-refractivity contribution < 1.29 is 14.3 Å². The summed E-state index contributed by atoms with van der Waals surface area (Å²) >= 11 is 0. The molecule has 0 spiro atoms. The van der Waals surface area contributed by atoms with Crippen LogP contribution in [0.2, 0.25) is 0 Å². The van der Waals surface area contributed by atoms with E-state index in [1.807, 2.05) is 44.0 Å². The molecular formula is C28H38N4O3. The molecule has 1 aromatic heterocycles. The molecule has 1 heterocycles. The lowest BCUT2D eigenvalue weighted by Crippen LogP contribution is -2.18. The van der Waals surface area contributed by atoms with E-state index in [4.69, 9.17) is 15.3 Å². The molecule has 0 radical (unpaired) electrons. The average molecular weight is 479 g/mol. The van der Waals surface area contributed by atoms with Crippen molar-refractivity contribution in [1.29, 1.82) is 0 Å². The molecule has 3 N–H and O–H groups in total. The number of nitrogens with two attached hydrogens (primary N) is 1. The van der Waals surface area contributed by atoms with Crippen LogP contribution in [0.3, 0.4) is 0 Å². The fraction of sp³-hybridized carbons (Fsp3) is 0.321. The highest BCUT2D eigenvalue weighted by molar-refractivity contribution is 6.11. The number of rotatable bonds is 10. The van der Waals surface area contributed by atoms with E-state index in [-0.39, 0.29) is 5.78 Å². The summed E-state index contributed by atoms with van der Waals surface area (Å²) in [6.45, 7) is 15.6. The molecule has 0 fully saturated rings. The van der Waals surface area contributed by atoms with Crippen LogP contribution in [-0.2, 0) is 4.79 Å². The molecule has 0 saturated carbocycles. The SMILES string of the molecule is C=C(COc1cccc(C(=O)c2cnn(-c3ccc(C)cc3)c2N)c1)NCCC.C=O.CCCC. The number of nitrogens with zero attached hydrogens (tertiary/aromatic N) is 2. The zero-order valence-corrected chi connectivity index (χ0v) is 21.3. The fourth-order valence-corrected chi connectivity index (χ4v) is 2.83. The van der Waals surface area contributed by atoms with Crippen LogP contribution in [0.4, 0.5) is 5.82 Å². The summed E-state index contributed by atoms with van der Waals surface area (Å²) in [5.74, 6) is 0.705. The summed E-state index contributed by atoms with van der Waals surface area (Å²) in [5, 5.41) is 7.47. The highest BCUT2D eigenvalue weighted by Gasteiger charge is 2.18. The molecule has 3 aromatic rings. The summed E-state index contributed by atoms with van der Waals surface area (Å²) in [4.78, 5) is 21.0. The number of benzene rings is 2. The van der Waals surface area contributed by atoms with Gasteiger partial charge < -0.3 is 20.6 Å². The fourth-order valence-electron chi connectivity index (χ4n) is 2.83. The lowest BCUT2D eigenvalue weighted by atomic mass is 10.1. The number of ether oxygens (including phenoxy) is 1. The van der Waals surface area contributed by atoms with Gasteiger partial charge in [0.15, 0.2) is 5.78 Å². The Labute approximate surface area is 209 Å². The molecule has 0 aliphatic rings. The summed E-state index contributed by atoms with van der Waals surface area (Å²) in [7, 11) is 0. The number of carbonyl (C=O) groups excluding carboxylic acids is 2. The second-order valence-electron chi connectivity index (χ2n) is 7.87. The smallest absolute Gasteiger partial charge is 0.198 e. The molecule has 35 heavy (non-hydrogen) atoms. The first-order chi connectivity index (χ1) is 16.9. The summed E-state index contributed by atoms with van der Waals surface area (Å²) < 4.78 is 7.31. The van der Waals surface area contributed by atoms with Gasteiger partial charge in [0.05, 0.1) is 17.4 Å². The van der Waals surface area contributed by atoms with Crippen LogP contribution in [0.1, 0.15) is 61.5 Å². The molecule has 188 valence electrons. The molecule has 0 saturated heterocycles. The molecule has 0 bridgehead atoms. The van der Waals surface area contributed by atoms with E-state index in [1.165, 1.54) is 19.0 Å². The topological polar surface area (TPSA) is 99.2 Å². The van der Waals surface area contributed by atoms with Crippen molar-refractivity contribution in [3.8, 4) is 11.4 Å². The monoisotopic (exact) mass is 478 g/mol. The van der Waals surface area contributed by atoms with Crippen molar-refractivity contribution in [3.05, 3.63) is 83.7 Å². The maximum atomic E-state index is 13.0. The van der Waals surface area contributed by atoms with E-state index >= 15 is 0 Å². The minimum atomic E-state index is -0.200. The van der Waals surface area contributed by atoms with Gasteiger partial charge in [-0.15, -0.1) is 0 Å². The molecule has 0 aliphatic heterocycles. The Morgan fingerprint density at radius 2 is 1.71 bits per heavy atom. The van der Waals surface area contributed by atoms with E-state index in [1.54, 1.807) is 22.9 Å². The van der Waals surface area contributed by atoms with Gasteiger partial charge in [0.1, 0.15) is 25.0 Å². The lowest BCUT2D eigenvalue weighted by Gasteiger charge is -2.11. The third-order valence-corrected chi connectivity index (χ3v) is 4.96. The van der Waals surface area contributed by atoms with Crippen molar-refractivity contribution in [1.82, 2.24) is 15.1 Å². The van der Waals surface area contributed by atoms with Crippen LogP contribution in [0, 0.1) is 6.92 Å². The van der Waals surface area contributed by atoms with Gasteiger partial charge in [0, 0.05) is 17.8 Å². The number of nitrogens with one attached hydrogen (secondary N) is 1. The van der Waals surface area contributed by atoms with Crippen LogP contribution < -0.4 is 15.8 Å². The molecule has 0 aliphatic carbocycles. The highest BCUT2D eigenvalue weighted by atomic mass is 16.5. The van der Waals surface area contributed by atoms with E-state index in [0.717, 1.165) is 29.9 Å². The third kappa shape index (κ3) is 9.12. The van der Waals surface area contributed by atoms with Gasteiger partial charge >= 0.3 is 0 Å². The number of aryl methyl sites for hydroxylation is 1. The number of ketones is 1. The van der Waals surface area contributed by atoms with E-state index < -0.39 is 0 Å². The zero-order valence-electron chi connectivity index (χ0n) is 21.3. The van der Waals surface area contributed by atoms with Crippen LogP contribution in [-0.4, -0.2) is 35.5 Å². The quantitative estimate of drug-likeness (QED) is 0.373. The van der Waals surface area contributed by atoms with E-state index in [0.29, 0.717) is 29.3 Å². The predicted molar refractivity (Wildman–Crippen MR) is 143 cm³/mol. The van der Waals surface area contributed by atoms with Crippen molar-refractivity contribution in [2.24, 2.45) is 0 Å². The summed E-state index contributed by atoms with van der Waals surface area (Å²) in [6.07, 6.45) is 5.16. The second kappa shape index (κ2) is 15.9. The number of anilines is 1. The molecule has 0 unspecified atom stereocenters. The van der Waals surface area contributed by atoms with Crippen LogP contribution in [0.15, 0.2) is 67.0 Å². The zero-order chi connectivity index (χ0) is 26.2. The van der Waals surface area contributed by atoms with Gasteiger partial charge in [-0.3, -0.25) is 4.79 Å². The predicted octanol–water partition coefficient (Wildman–Crippen LogP) is 5.51. The van der Waals surface area contributed by atoms with Crippen LogP contribution in [0.25, 0.3) is 5.69 Å². The minimum Gasteiger partial charge on any atom is -0.487 e. The van der Waals surface area contributed by atoms with Gasteiger partial charge in [-0.2, -0.15) is 5.10 Å². The first-order valence-corrected chi connectivity index (χ1v) is 11.8. The normalized spacial score (nSPS) is 9.71. The van der Waals surface area contributed by atoms with E-state index in [2.05, 4.69) is 37.8 Å². The third-order valence-electron chi connectivity index (χ3n) is 4.96. The molecule has 0 atom stereocenters. The molecule has 3 rings (SSSR count). The number of aromatic nitrogens is 2. The Hall–Kier alpha value is -3.87.